The van der Waals surface area contributed by atoms with E-state index in [2.05, 4.69) is 16.6 Å². The zero-order valence-electron chi connectivity index (χ0n) is 12.5. The van der Waals surface area contributed by atoms with Crippen molar-refractivity contribution in [1.29, 1.82) is 0 Å². The summed E-state index contributed by atoms with van der Waals surface area (Å²) in [6, 6.07) is 6.84. The molecule has 120 valence electrons. The Kier molecular flexibility index (Phi) is 5.36. The first-order valence-electron chi connectivity index (χ1n) is 7.36. The van der Waals surface area contributed by atoms with Gasteiger partial charge in [0.1, 0.15) is 0 Å². The maximum absolute atomic E-state index is 12.0. The number of terminal acetylenes is 1. The fourth-order valence-electron chi connectivity index (χ4n) is 2.65. The van der Waals surface area contributed by atoms with Gasteiger partial charge in [0.2, 0.25) is 11.8 Å². The predicted octanol–water partition coefficient (Wildman–Crippen LogP) is 1.22. The predicted molar refractivity (Wildman–Crippen MR) is 84.5 cm³/mol. The Labute approximate surface area is 134 Å². The molecule has 0 bridgehead atoms. The number of carbonyl (C=O) groups is 3. The largest absolute Gasteiger partial charge is 0.481 e. The highest BCUT2D eigenvalue weighted by molar-refractivity contribution is 5.95. The first kappa shape index (κ1) is 16.6. The Morgan fingerprint density at radius 2 is 2.00 bits per heavy atom. The van der Waals surface area contributed by atoms with E-state index in [0.717, 1.165) is 0 Å². The third kappa shape index (κ3) is 4.58. The van der Waals surface area contributed by atoms with E-state index in [9.17, 15) is 14.4 Å². The Balaban J connectivity index is 1.79. The quantitative estimate of drug-likeness (QED) is 0.712. The molecule has 0 heterocycles. The number of anilines is 1. The molecule has 0 spiro atoms. The van der Waals surface area contributed by atoms with Gasteiger partial charge in [-0.05, 0) is 37.5 Å². The lowest BCUT2D eigenvalue weighted by Crippen LogP contribution is -2.36. The topological polar surface area (TPSA) is 95.5 Å². The van der Waals surface area contributed by atoms with Gasteiger partial charge in [-0.3, -0.25) is 14.4 Å². The van der Waals surface area contributed by atoms with Gasteiger partial charge in [0.15, 0.2) is 0 Å². The second kappa shape index (κ2) is 7.45. The van der Waals surface area contributed by atoms with Gasteiger partial charge < -0.3 is 15.7 Å². The molecule has 6 nitrogen and oxygen atoms in total. The summed E-state index contributed by atoms with van der Waals surface area (Å²) in [5.41, 5.74) is 1.21. The summed E-state index contributed by atoms with van der Waals surface area (Å²) in [6.45, 7) is -0.159. The van der Waals surface area contributed by atoms with E-state index in [-0.39, 0.29) is 24.3 Å². The van der Waals surface area contributed by atoms with Crippen LogP contribution in [-0.4, -0.2) is 29.4 Å². The average Bonchev–Trinajstić information content (AvgIpc) is 3.03. The van der Waals surface area contributed by atoms with Crippen molar-refractivity contribution in [3.8, 4) is 12.3 Å². The molecular formula is C17H18N2O4. The summed E-state index contributed by atoms with van der Waals surface area (Å²) in [5, 5.41) is 14.1. The molecule has 23 heavy (non-hydrogen) atoms. The molecule has 1 aliphatic rings. The molecule has 0 unspecified atom stereocenters. The summed E-state index contributed by atoms with van der Waals surface area (Å²) in [5.74, 6) is 0.160. The second-order valence-corrected chi connectivity index (χ2v) is 5.54. The number of nitrogens with one attached hydrogen (secondary N) is 2. The second-order valence-electron chi connectivity index (χ2n) is 5.54. The Bertz CT molecular complexity index is 663. The van der Waals surface area contributed by atoms with Crippen LogP contribution in [0.3, 0.4) is 0 Å². The van der Waals surface area contributed by atoms with Crippen molar-refractivity contribution >= 4 is 23.5 Å². The lowest BCUT2D eigenvalue weighted by Gasteiger charge is -2.11. The van der Waals surface area contributed by atoms with Crippen molar-refractivity contribution in [2.45, 2.75) is 19.3 Å². The smallest absolute Gasteiger partial charge is 0.306 e. The number of carbonyl (C=O) groups excluding carboxylic acids is 2. The van der Waals surface area contributed by atoms with Crippen molar-refractivity contribution < 1.29 is 19.5 Å². The van der Waals surface area contributed by atoms with Crippen molar-refractivity contribution in [3.63, 3.8) is 0 Å². The number of benzene rings is 1. The van der Waals surface area contributed by atoms with Crippen LogP contribution in [-0.2, 0) is 14.4 Å². The molecule has 0 saturated heterocycles. The molecule has 0 aromatic heterocycles. The number of amides is 2. The summed E-state index contributed by atoms with van der Waals surface area (Å²) >= 11 is 0. The molecule has 0 radical (unpaired) electrons. The SMILES string of the molecule is C#Cc1cccc(NC(=O)CNC(=O)[C@H]2CC[C@@H](C(=O)O)C2)c1. The van der Waals surface area contributed by atoms with Gasteiger partial charge in [-0.15, -0.1) is 6.42 Å². The molecular weight excluding hydrogens is 296 g/mol. The highest BCUT2D eigenvalue weighted by atomic mass is 16.4. The fourth-order valence-corrected chi connectivity index (χ4v) is 2.65. The minimum atomic E-state index is -0.869. The van der Waals surface area contributed by atoms with Gasteiger partial charge in [-0.25, -0.2) is 0 Å². The van der Waals surface area contributed by atoms with Crippen LogP contribution in [0.4, 0.5) is 5.69 Å². The third-order valence-electron chi connectivity index (χ3n) is 3.89. The molecule has 2 amide bonds. The molecule has 1 aromatic carbocycles. The molecule has 1 aliphatic carbocycles. The van der Waals surface area contributed by atoms with Gasteiger partial charge in [0, 0.05) is 17.2 Å². The fraction of sp³-hybridized carbons (Fsp3) is 0.353. The van der Waals surface area contributed by atoms with Crippen molar-refractivity contribution in [2.24, 2.45) is 11.8 Å². The van der Waals surface area contributed by atoms with E-state index in [1.165, 1.54) is 0 Å². The highest BCUT2D eigenvalue weighted by Crippen LogP contribution is 2.30. The van der Waals surface area contributed by atoms with Crippen molar-refractivity contribution in [1.82, 2.24) is 5.32 Å². The summed E-state index contributed by atoms with van der Waals surface area (Å²) < 4.78 is 0. The monoisotopic (exact) mass is 314 g/mol. The molecule has 6 heteroatoms. The standard InChI is InChI=1S/C17H18N2O4/c1-2-11-4-3-5-14(8-11)19-15(20)10-18-16(21)12-6-7-13(9-12)17(22)23/h1,3-5,8,12-13H,6-7,9-10H2,(H,18,21)(H,19,20)(H,22,23)/t12-,13+/m0/s1. The highest BCUT2D eigenvalue weighted by Gasteiger charge is 2.33. The molecule has 0 aliphatic heterocycles. The van der Waals surface area contributed by atoms with Crippen LogP contribution >= 0.6 is 0 Å². The zero-order valence-corrected chi connectivity index (χ0v) is 12.5. The Morgan fingerprint density at radius 1 is 1.26 bits per heavy atom. The van der Waals surface area contributed by atoms with Crippen LogP contribution in [0, 0.1) is 24.2 Å². The number of rotatable bonds is 5. The average molecular weight is 314 g/mol. The minimum absolute atomic E-state index is 0.159. The van der Waals surface area contributed by atoms with Gasteiger partial charge in [0.05, 0.1) is 12.5 Å². The van der Waals surface area contributed by atoms with Crippen LogP contribution in [0.25, 0.3) is 0 Å². The Hall–Kier alpha value is -2.81. The van der Waals surface area contributed by atoms with Crippen molar-refractivity contribution in [2.75, 3.05) is 11.9 Å². The third-order valence-corrected chi connectivity index (χ3v) is 3.89. The molecule has 3 N–H and O–H groups in total. The molecule has 1 fully saturated rings. The maximum atomic E-state index is 12.0. The van der Waals surface area contributed by atoms with E-state index in [4.69, 9.17) is 11.5 Å². The van der Waals surface area contributed by atoms with Crippen LogP contribution in [0.2, 0.25) is 0 Å². The maximum Gasteiger partial charge on any atom is 0.306 e. The number of hydrogen-bond acceptors (Lipinski definition) is 3. The van der Waals surface area contributed by atoms with Crippen LogP contribution in [0.5, 0.6) is 0 Å². The van der Waals surface area contributed by atoms with Gasteiger partial charge in [-0.1, -0.05) is 12.0 Å². The summed E-state index contributed by atoms with van der Waals surface area (Å²) in [4.78, 5) is 34.7. The molecule has 1 aromatic rings. The number of carboxylic acids is 1. The molecule has 1 saturated carbocycles. The number of hydrogen-bond donors (Lipinski definition) is 3. The number of carboxylic acid groups (broad SMARTS) is 1. The lowest BCUT2D eigenvalue weighted by molar-refractivity contribution is -0.141. The van der Waals surface area contributed by atoms with Gasteiger partial charge in [-0.2, -0.15) is 0 Å². The van der Waals surface area contributed by atoms with E-state index < -0.39 is 11.9 Å². The van der Waals surface area contributed by atoms with Crippen molar-refractivity contribution in [3.05, 3.63) is 29.8 Å². The molecule has 2 atom stereocenters. The minimum Gasteiger partial charge on any atom is -0.481 e. The summed E-state index contributed by atoms with van der Waals surface area (Å²) in [6.07, 6.45) is 6.65. The van der Waals surface area contributed by atoms with Crippen LogP contribution in [0.1, 0.15) is 24.8 Å². The first-order valence-corrected chi connectivity index (χ1v) is 7.36. The Morgan fingerprint density at radius 3 is 2.65 bits per heavy atom. The first-order chi connectivity index (χ1) is 11.0. The van der Waals surface area contributed by atoms with Crippen LogP contribution in [0.15, 0.2) is 24.3 Å². The van der Waals surface area contributed by atoms with E-state index in [1.54, 1.807) is 24.3 Å². The lowest BCUT2D eigenvalue weighted by atomic mass is 10.0. The van der Waals surface area contributed by atoms with E-state index in [0.29, 0.717) is 30.5 Å². The van der Waals surface area contributed by atoms with Gasteiger partial charge >= 0.3 is 5.97 Å². The van der Waals surface area contributed by atoms with E-state index >= 15 is 0 Å². The molecule has 2 rings (SSSR count). The normalized spacial score (nSPS) is 19.6. The number of aliphatic carboxylic acids is 1. The van der Waals surface area contributed by atoms with Gasteiger partial charge in [0.25, 0.3) is 0 Å². The van der Waals surface area contributed by atoms with Crippen LogP contribution < -0.4 is 10.6 Å². The summed E-state index contributed by atoms with van der Waals surface area (Å²) in [7, 11) is 0. The van der Waals surface area contributed by atoms with E-state index in [1.807, 2.05) is 0 Å². The zero-order chi connectivity index (χ0) is 16.8.